The Balaban J connectivity index is 2.25. The van der Waals surface area contributed by atoms with Gasteiger partial charge in [0.15, 0.2) is 0 Å². The van der Waals surface area contributed by atoms with Crippen molar-refractivity contribution in [1.29, 1.82) is 0 Å². The molecule has 1 nitrogen and oxygen atoms in total. The monoisotopic (exact) mass is 426 g/mol. The van der Waals surface area contributed by atoms with Crippen LogP contribution in [0.15, 0.2) is 36.4 Å². The van der Waals surface area contributed by atoms with E-state index in [0.717, 1.165) is 14.7 Å². The normalized spacial score (nSPS) is 12.5. The summed E-state index contributed by atoms with van der Waals surface area (Å²) in [6, 6.07) is 10.8. The molecule has 0 fully saturated rings. The molecule has 0 aliphatic rings. The van der Waals surface area contributed by atoms with Gasteiger partial charge in [0, 0.05) is 20.0 Å². The summed E-state index contributed by atoms with van der Waals surface area (Å²) in [6.07, 6.45) is -0.331. The fourth-order valence-corrected chi connectivity index (χ4v) is 2.83. The zero-order chi connectivity index (χ0) is 14.0. The molecule has 0 aliphatic carbocycles. The number of benzene rings is 2. The lowest BCUT2D eigenvalue weighted by molar-refractivity contribution is 0.178. The third kappa shape index (κ3) is 3.76. The van der Waals surface area contributed by atoms with Gasteiger partial charge >= 0.3 is 0 Å². The standard InChI is InChI=1S/C14H10Cl3IO/c15-10-2-1-3-11(16)9(10)7-14(19)8-4-5-13(18)12(17)6-8/h1-6,14,19H,7H2. The summed E-state index contributed by atoms with van der Waals surface area (Å²) in [6.45, 7) is 0. The first-order chi connectivity index (χ1) is 8.99. The quantitative estimate of drug-likeness (QED) is 0.639. The third-order valence-corrected chi connectivity index (χ3v) is 5.07. The van der Waals surface area contributed by atoms with Gasteiger partial charge in [0.2, 0.25) is 0 Å². The van der Waals surface area contributed by atoms with E-state index in [4.69, 9.17) is 34.8 Å². The Bertz CT molecular complexity index is 581. The minimum absolute atomic E-state index is 0.357. The van der Waals surface area contributed by atoms with E-state index in [2.05, 4.69) is 22.6 Å². The summed E-state index contributed by atoms with van der Waals surface area (Å²) >= 11 is 20.4. The molecule has 0 aliphatic heterocycles. The molecule has 0 aromatic heterocycles. The van der Waals surface area contributed by atoms with E-state index >= 15 is 0 Å². The van der Waals surface area contributed by atoms with Crippen LogP contribution in [0.1, 0.15) is 17.2 Å². The van der Waals surface area contributed by atoms with Gasteiger partial charge in [0.25, 0.3) is 0 Å². The number of halogens is 4. The van der Waals surface area contributed by atoms with Crippen molar-refractivity contribution >= 4 is 57.4 Å². The number of hydrogen-bond acceptors (Lipinski definition) is 1. The maximum Gasteiger partial charge on any atom is 0.0831 e. The fourth-order valence-electron chi connectivity index (χ4n) is 1.76. The molecule has 2 aromatic carbocycles. The predicted octanol–water partition coefficient (Wildman–Crippen LogP) is 5.53. The Hall–Kier alpha value is -0.0000000000000000555. The summed E-state index contributed by atoms with van der Waals surface area (Å²) in [4.78, 5) is 0. The first kappa shape index (κ1) is 15.4. The Labute approximate surface area is 140 Å². The van der Waals surface area contributed by atoms with E-state index in [1.807, 2.05) is 12.1 Å². The van der Waals surface area contributed by atoms with E-state index in [0.29, 0.717) is 21.5 Å². The van der Waals surface area contributed by atoms with Gasteiger partial charge in [0.1, 0.15) is 0 Å². The fraction of sp³-hybridized carbons (Fsp3) is 0.143. The van der Waals surface area contributed by atoms with Crippen LogP contribution in [0.4, 0.5) is 0 Å². The van der Waals surface area contributed by atoms with Crippen LogP contribution in [0, 0.1) is 3.57 Å². The second kappa shape index (κ2) is 6.64. The molecule has 5 heteroatoms. The molecule has 2 rings (SSSR count). The van der Waals surface area contributed by atoms with Crippen LogP contribution in [0.25, 0.3) is 0 Å². The van der Waals surface area contributed by atoms with Crippen molar-refractivity contribution in [1.82, 2.24) is 0 Å². The molecule has 19 heavy (non-hydrogen) atoms. The third-order valence-electron chi connectivity index (χ3n) is 2.79. The number of rotatable bonds is 3. The SMILES string of the molecule is OC(Cc1c(Cl)cccc1Cl)c1ccc(I)c(Cl)c1. The Morgan fingerprint density at radius 2 is 1.63 bits per heavy atom. The topological polar surface area (TPSA) is 20.2 Å². The molecule has 1 atom stereocenters. The molecule has 0 saturated heterocycles. The largest absolute Gasteiger partial charge is 0.388 e. The van der Waals surface area contributed by atoms with Crippen molar-refractivity contribution in [2.75, 3.05) is 0 Å². The Morgan fingerprint density at radius 1 is 1.00 bits per heavy atom. The van der Waals surface area contributed by atoms with Gasteiger partial charge in [-0.25, -0.2) is 0 Å². The molecule has 1 unspecified atom stereocenters. The van der Waals surface area contributed by atoms with Crippen molar-refractivity contribution in [2.45, 2.75) is 12.5 Å². The lowest BCUT2D eigenvalue weighted by Gasteiger charge is -2.14. The highest BCUT2D eigenvalue weighted by Gasteiger charge is 2.14. The van der Waals surface area contributed by atoms with E-state index < -0.39 is 6.10 Å². The van der Waals surface area contributed by atoms with Gasteiger partial charge in [-0.05, 0) is 58.0 Å². The van der Waals surface area contributed by atoms with Gasteiger partial charge in [-0.2, -0.15) is 0 Å². The highest BCUT2D eigenvalue weighted by Crippen LogP contribution is 2.30. The molecule has 0 bridgehead atoms. The number of hydrogen-bond donors (Lipinski definition) is 1. The average molecular weight is 427 g/mol. The van der Waals surface area contributed by atoms with Crippen LogP contribution in [0.5, 0.6) is 0 Å². The van der Waals surface area contributed by atoms with E-state index in [1.165, 1.54) is 0 Å². The minimum atomic E-state index is -0.688. The van der Waals surface area contributed by atoms with Crippen LogP contribution >= 0.6 is 57.4 Å². The van der Waals surface area contributed by atoms with E-state index in [1.54, 1.807) is 24.3 Å². The zero-order valence-corrected chi connectivity index (χ0v) is 14.1. The van der Waals surface area contributed by atoms with Crippen LogP contribution in [0.2, 0.25) is 15.1 Å². The maximum absolute atomic E-state index is 10.3. The first-order valence-corrected chi connectivity index (χ1v) is 7.76. The van der Waals surface area contributed by atoms with Crippen molar-refractivity contribution < 1.29 is 5.11 Å². The average Bonchev–Trinajstić information content (AvgIpc) is 2.37. The van der Waals surface area contributed by atoms with Crippen molar-refractivity contribution in [3.05, 3.63) is 66.2 Å². The number of aliphatic hydroxyl groups is 1. The molecule has 0 radical (unpaired) electrons. The second-order valence-corrected chi connectivity index (χ2v) is 6.48. The summed E-state index contributed by atoms with van der Waals surface area (Å²) in [5, 5.41) is 12.0. The highest BCUT2D eigenvalue weighted by molar-refractivity contribution is 14.1. The lowest BCUT2D eigenvalue weighted by Crippen LogP contribution is -2.03. The summed E-state index contributed by atoms with van der Waals surface area (Å²) in [5.74, 6) is 0. The van der Waals surface area contributed by atoms with Crippen LogP contribution in [-0.4, -0.2) is 5.11 Å². The molecular weight excluding hydrogens is 417 g/mol. The molecule has 100 valence electrons. The molecular formula is C14H10Cl3IO. The van der Waals surface area contributed by atoms with Crippen molar-refractivity contribution in [3.63, 3.8) is 0 Å². The van der Waals surface area contributed by atoms with E-state index in [-0.39, 0.29) is 0 Å². The van der Waals surface area contributed by atoms with E-state index in [9.17, 15) is 5.11 Å². The van der Waals surface area contributed by atoms with Gasteiger partial charge in [-0.15, -0.1) is 0 Å². The van der Waals surface area contributed by atoms with Crippen molar-refractivity contribution in [2.24, 2.45) is 0 Å². The lowest BCUT2D eigenvalue weighted by atomic mass is 10.0. The number of aliphatic hydroxyl groups excluding tert-OH is 1. The summed E-state index contributed by atoms with van der Waals surface area (Å²) in [7, 11) is 0. The molecule has 0 spiro atoms. The van der Waals surface area contributed by atoms with Gasteiger partial charge in [0.05, 0.1) is 11.1 Å². The predicted molar refractivity (Wildman–Crippen MR) is 89.3 cm³/mol. The van der Waals surface area contributed by atoms with Gasteiger partial charge < -0.3 is 5.11 Å². The Kier molecular flexibility index (Phi) is 5.37. The molecule has 2 aromatic rings. The molecule has 1 N–H and O–H groups in total. The zero-order valence-electron chi connectivity index (χ0n) is 9.71. The van der Waals surface area contributed by atoms with Crippen LogP contribution in [-0.2, 0) is 6.42 Å². The second-order valence-electron chi connectivity index (χ2n) is 4.09. The Morgan fingerprint density at radius 3 is 2.21 bits per heavy atom. The minimum Gasteiger partial charge on any atom is -0.388 e. The highest BCUT2D eigenvalue weighted by atomic mass is 127. The molecule has 0 amide bonds. The van der Waals surface area contributed by atoms with Gasteiger partial charge in [-0.3, -0.25) is 0 Å². The van der Waals surface area contributed by atoms with Crippen LogP contribution in [0.3, 0.4) is 0 Å². The summed E-state index contributed by atoms with van der Waals surface area (Å²) < 4.78 is 0.950. The van der Waals surface area contributed by atoms with Crippen LogP contribution < -0.4 is 0 Å². The first-order valence-electron chi connectivity index (χ1n) is 5.55. The molecule has 0 heterocycles. The molecule has 0 saturated carbocycles. The maximum atomic E-state index is 10.3. The van der Waals surface area contributed by atoms with Gasteiger partial charge in [-0.1, -0.05) is 46.9 Å². The summed E-state index contributed by atoms with van der Waals surface area (Å²) in [5.41, 5.74) is 1.49. The smallest absolute Gasteiger partial charge is 0.0831 e. The van der Waals surface area contributed by atoms with Crippen molar-refractivity contribution in [3.8, 4) is 0 Å².